The normalized spacial score (nSPS) is 32.0. The van der Waals surface area contributed by atoms with Gasteiger partial charge in [0.2, 0.25) is 0 Å². The zero-order chi connectivity index (χ0) is 16.0. The molecule has 0 N–H and O–H groups in total. The SMILES string of the molecule is COc1ccc(/C=N\N2C(=O)[C@@H]3[C@@H](C2=O)[C@H]2C=C[C@H]3CC2)cc1. The summed E-state index contributed by atoms with van der Waals surface area (Å²) in [5.41, 5.74) is 0.822. The summed E-state index contributed by atoms with van der Waals surface area (Å²) in [6.07, 6.45) is 7.77. The van der Waals surface area contributed by atoms with Crippen LogP contribution in [-0.4, -0.2) is 30.1 Å². The Morgan fingerprint density at radius 2 is 1.61 bits per heavy atom. The average Bonchev–Trinajstić information content (AvgIpc) is 2.88. The molecular formula is C18H18N2O3. The summed E-state index contributed by atoms with van der Waals surface area (Å²) in [4.78, 5) is 25.2. The first-order valence-corrected chi connectivity index (χ1v) is 7.93. The number of benzene rings is 1. The van der Waals surface area contributed by atoms with Gasteiger partial charge in [0.25, 0.3) is 11.8 Å². The first kappa shape index (κ1) is 14.2. The van der Waals surface area contributed by atoms with Crippen LogP contribution in [0.5, 0.6) is 5.75 Å². The summed E-state index contributed by atoms with van der Waals surface area (Å²) >= 11 is 0. The molecule has 1 aromatic carbocycles. The number of fused-ring (bicyclic) bond motifs is 1. The van der Waals surface area contributed by atoms with E-state index in [9.17, 15) is 9.59 Å². The van der Waals surface area contributed by atoms with Gasteiger partial charge in [-0.3, -0.25) is 9.59 Å². The third-order valence-corrected chi connectivity index (χ3v) is 5.17. The van der Waals surface area contributed by atoms with Crippen LogP contribution in [0.3, 0.4) is 0 Å². The van der Waals surface area contributed by atoms with E-state index in [1.165, 1.54) is 0 Å². The van der Waals surface area contributed by atoms with Gasteiger partial charge < -0.3 is 4.74 Å². The molecule has 1 saturated carbocycles. The van der Waals surface area contributed by atoms with E-state index in [0.717, 1.165) is 29.2 Å². The number of hydrogen-bond donors (Lipinski definition) is 0. The Morgan fingerprint density at radius 1 is 1.04 bits per heavy atom. The number of ether oxygens (including phenoxy) is 1. The van der Waals surface area contributed by atoms with Crippen molar-refractivity contribution in [2.75, 3.05) is 7.11 Å². The number of carbonyl (C=O) groups is 2. The fourth-order valence-corrected chi connectivity index (χ4v) is 3.99. The second kappa shape index (κ2) is 5.33. The van der Waals surface area contributed by atoms with Crippen LogP contribution in [0.2, 0.25) is 0 Å². The highest BCUT2D eigenvalue weighted by Crippen LogP contribution is 2.49. The maximum absolute atomic E-state index is 12.6. The van der Waals surface area contributed by atoms with Crippen LogP contribution >= 0.6 is 0 Å². The molecule has 1 aliphatic heterocycles. The van der Waals surface area contributed by atoms with Crippen LogP contribution < -0.4 is 4.74 Å². The molecule has 4 aliphatic rings. The van der Waals surface area contributed by atoms with E-state index in [1.807, 2.05) is 24.3 Å². The molecule has 4 atom stereocenters. The van der Waals surface area contributed by atoms with E-state index in [1.54, 1.807) is 13.3 Å². The quantitative estimate of drug-likeness (QED) is 0.489. The van der Waals surface area contributed by atoms with Crippen molar-refractivity contribution < 1.29 is 14.3 Å². The number of imide groups is 1. The maximum atomic E-state index is 12.6. The Balaban J connectivity index is 1.56. The van der Waals surface area contributed by atoms with Gasteiger partial charge >= 0.3 is 0 Å². The van der Waals surface area contributed by atoms with Crippen molar-refractivity contribution in [3.8, 4) is 5.75 Å². The fourth-order valence-electron chi connectivity index (χ4n) is 3.99. The van der Waals surface area contributed by atoms with Crippen LogP contribution in [0.15, 0.2) is 41.5 Å². The minimum Gasteiger partial charge on any atom is -0.497 e. The number of rotatable bonds is 3. The lowest BCUT2D eigenvalue weighted by Gasteiger charge is -2.37. The van der Waals surface area contributed by atoms with Crippen molar-refractivity contribution in [1.82, 2.24) is 5.01 Å². The molecule has 5 nitrogen and oxygen atoms in total. The van der Waals surface area contributed by atoms with Crippen LogP contribution in [0.4, 0.5) is 0 Å². The molecule has 1 aromatic rings. The lowest BCUT2D eigenvalue weighted by molar-refractivity contribution is -0.140. The molecule has 1 saturated heterocycles. The van der Waals surface area contributed by atoms with Gasteiger partial charge in [-0.05, 0) is 54.5 Å². The smallest absolute Gasteiger partial charge is 0.254 e. The van der Waals surface area contributed by atoms with Crippen LogP contribution in [-0.2, 0) is 9.59 Å². The summed E-state index contributed by atoms with van der Waals surface area (Å²) in [5.74, 6) is 0.431. The standard InChI is InChI=1S/C18H18N2O3/c1-23-14-8-2-11(3-9-14)10-19-20-17(21)15-12-4-5-13(7-6-12)16(15)18(20)22/h2-5,8-10,12-13,15-16H,6-7H2,1H3/b19-10-/t12-,13-,15-,16-/m0/s1. The van der Waals surface area contributed by atoms with Gasteiger partial charge in [-0.2, -0.15) is 10.1 Å². The lowest BCUT2D eigenvalue weighted by Crippen LogP contribution is -2.38. The number of carbonyl (C=O) groups excluding carboxylic acids is 2. The second-order valence-corrected chi connectivity index (χ2v) is 6.35. The van der Waals surface area contributed by atoms with Crippen LogP contribution in [0.25, 0.3) is 0 Å². The van der Waals surface area contributed by atoms with E-state index in [2.05, 4.69) is 17.3 Å². The lowest BCUT2D eigenvalue weighted by atomic mass is 9.63. The molecule has 2 amide bonds. The summed E-state index contributed by atoms with van der Waals surface area (Å²) in [7, 11) is 1.61. The third kappa shape index (κ3) is 2.19. The minimum absolute atomic E-state index is 0.149. The molecule has 1 heterocycles. The molecular weight excluding hydrogens is 292 g/mol. The van der Waals surface area contributed by atoms with Crippen molar-refractivity contribution in [3.63, 3.8) is 0 Å². The highest BCUT2D eigenvalue weighted by Gasteiger charge is 2.56. The predicted octanol–water partition coefficient (Wildman–Crippen LogP) is 2.23. The van der Waals surface area contributed by atoms with Gasteiger partial charge in [-0.15, -0.1) is 0 Å². The summed E-state index contributed by atoms with van der Waals surface area (Å²) in [6.45, 7) is 0. The van der Waals surface area contributed by atoms with Crippen molar-refractivity contribution in [2.24, 2.45) is 28.8 Å². The van der Waals surface area contributed by atoms with Gasteiger partial charge in [0.15, 0.2) is 0 Å². The number of nitrogens with zero attached hydrogens (tertiary/aromatic N) is 2. The predicted molar refractivity (Wildman–Crippen MR) is 84.8 cm³/mol. The van der Waals surface area contributed by atoms with Gasteiger partial charge in [0.1, 0.15) is 5.75 Å². The van der Waals surface area contributed by atoms with Crippen LogP contribution in [0, 0.1) is 23.7 Å². The monoisotopic (exact) mass is 310 g/mol. The minimum atomic E-state index is -0.209. The highest BCUT2D eigenvalue weighted by atomic mass is 16.5. The first-order valence-electron chi connectivity index (χ1n) is 7.93. The van der Waals surface area contributed by atoms with Crippen LogP contribution in [0.1, 0.15) is 18.4 Å². The maximum Gasteiger partial charge on any atom is 0.254 e. The number of hydrogen-bond acceptors (Lipinski definition) is 4. The Morgan fingerprint density at radius 3 is 2.09 bits per heavy atom. The number of methoxy groups -OCH3 is 1. The number of amides is 2. The first-order chi connectivity index (χ1) is 11.2. The molecule has 0 unspecified atom stereocenters. The van der Waals surface area contributed by atoms with E-state index in [-0.39, 0.29) is 35.5 Å². The zero-order valence-corrected chi connectivity index (χ0v) is 12.9. The van der Waals surface area contributed by atoms with Gasteiger partial charge in [-0.1, -0.05) is 12.2 Å². The van der Waals surface area contributed by atoms with Crippen molar-refractivity contribution in [1.29, 1.82) is 0 Å². The topological polar surface area (TPSA) is 59.0 Å². The molecule has 2 bridgehead atoms. The Labute approximate surface area is 134 Å². The largest absolute Gasteiger partial charge is 0.497 e. The van der Waals surface area contributed by atoms with Crippen molar-refractivity contribution in [3.05, 3.63) is 42.0 Å². The van der Waals surface area contributed by atoms with E-state index < -0.39 is 0 Å². The van der Waals surface area contributed by atoms with Gasteiger partial charge in [0.05, 0.1) is 25.2 Å². The van der Waals surface area contributed by atoms with Gasteiger partial charge in [-0.25, -0.2) is 0 Å². The van der Waals surface area contributed by atoms with E-state index >= 15 is 0 Å². The van der Waals surface area contributed by atoms with Crippen molar-refractivity contribution >= 4 is 18.0 Å². The van der Waals surface area contributed by atoms with E-state index in [0.29, 0.717) is 0 Å². The summed E-state index contributed by atoms with van der Waals surface area (Å²) < 4.78 is 5.11. The second-order valence-electron chi connectivity index (χ2n) is 6.35. The third-order valence-electron chi connectivity index (χ3n) is 5.17. The highest BCUT2D eigenvalue weighted by molar-refractivity contribution is 6.06. The molecule has 2 fully saturated rings. The molecule has 23 heavy (non-hydrogen) atoms. The number of allylic oxidation sites excluding steroid dienone is 2. The molecule has 0 aromatic heterocycles. The Hall–Kier alpha value is -2.43. The zero-order valence-electron chi connectivity index (χ0n) is 12.9. The van der Waals surface area contributed by atoms with E-state index in [4.69, 9.17) is 4.74 Å². The molecule has 5 heteroatoms. The summed E-state index contributed by atoms with van der Waals surface area (Å²) in [5, 5.41) is 5.25. The van der Waals surface area contributed by atoms with Gasteiger partial charge in [0, 0.05) is 0 Å². The fraction of sp³-hybridized carbons (Fsp3) is 0.389. The molecule has 118 valence electrons. The summed E-state index contributed by atoms with van der Waals surface area (Å²) in [6, 6.07) is 7.31. The number of hydrazone groups is 1. The van der Waals surface area contributed by atoms with Crippen molar-refractivity contribution in [2.45, 2.75) is 12.8 Å². The Kier molecular flexibility index (Phi) is 3.29. The molecule has 0 radical (unpaired) electrons. The Bertz CT molecular complexity index is 675. The average molecular weight is 310 g/mol. The molecule has 0 spiro atoms. The molecule has 3 aliphatic carbocycles. The molecule has 5 rings (SSSR count).